The number of carbonyl (C=O) groups excluding carboxylic acids is 1. The molecule has 0 saturated carbocycles. The van der Waals surface area contributed by atoms with Gasteiger partial charge >= 0.3 is 5.97 Å². The minimum absolute atomic E-state index is 0.0319. The van der Waals surface area contributed by atoms with E-state index in [9.17, 15) is 4.79 Å². The molecule has 1 saturated heterocycles. The van der Waals surface area contributed by atoms with Crippen molar-refractivity contribution in [3.8, 4) is 0 Å². The molecule has 0 bridgehead atoms. The van der Waals surface area contributed by atoms with E-state index in [0.717, 1.165) is 45.2 Å². The molecule has 0 aromatic heterocycles. The van der Waals surface area contributed by atoms with Gasteiger partial charge in [-0.25, -0.2) is 4.79 Å². The fourth-order valence-corrected chi connectivity index (χ4v) is 5.87. The number of nitrogens with zero attached hydrogens (tertiary/aromatic N) is 1. The van der Waals surface area contributed by atoms with Crippen molar-refractivity contribution < 1.29 is 9.63 Å². The van der Waals surface area contributed by atoms with Gasteiger partial charge in [-0.05, 0) is 63.2 Å². The van der Waals surface area contributed by atoms with Crippen molar-refractivity contribution in [3.63, 3.8) is 0 Å². The maximum atomic E-state index is 13.2. The van der Waals surface area contributed by atoms with E-state index in [1.165, 1.54) is 83.5 Å². The van der Waals surface area contributed by atoms with Gasteiger partial charge in [-0.15, -0.1) is 11.6 Å². The summed E-state index contributed by atoms with van der Waals surface area (Å²) in [4.78, 5) is 19.1. The van der Waals surface area contributed by atoms with Gasteiger partial charge in [-0.3, -0.25) is 0 Å². The minimum atomic E-state index is -0.432. The Kier molecular flexibility index (Phi) is 16.1. The molecular weight excluding hydrogens is 418 g/mol. The van der Waals surface area contributed by atoms with Gasteiger partial charge in [0.2, 0.25) is 0 Å². The Morgan fingerprint density at radius 1 is 0.882 bits per heavy atom. The molecule has 0 aromatic carbocycles. The zero-order valence-corrected chi connectivity index (χ0v) is 23.8. The van der Waals surface area contributed by atoms with Crippen LogP contribution in [0.15, 0.2) is 12.7 Å². The fraction of sp³-hybridized carbons (Fsp3) is 0.903. The third-order valence-corrected chi connectivity index (χ3v) is 7.83. The van der Waals surface area contributed by atoms with Crippen molar-refractivity contribution in [3.05, 3.63) is 12.7 Å². The van der Waals surface area contributed by atoms with Gasteiger partial charge < -0.3 is 4.84 Å². The zero-order valence-electron chi connectivity index (χ0n) is 23.8. The van der Waals surface area contributed by atoms with E-state index in [-0.39, 0.29) is 5.97 Å². The van der Waals surface area contributed by atoms with E-state index in [1.807, 2.05) is 11.1 Å². The Morgan fingerprint density at radius 3 is 2.00 bits per heavy atom. The standard InChI is InChI=1S/C31H59NO2/c1-7-9-11-12-13-14-15-16-17-19-22-30(4,5)26-28(3)27-31(6,23-10-8-2)29(33)34-32-24-20-18-21-25-32/h8,28H,2,7,9-27H2,1,3-6H3. The number of hydrogen-bond donors (Lipinski definition) is 0. The molecule has 3 nitrogen and oxygen atoms in total. The average molecular weight is 478 g/mol. The van der Waals surface area contributed by atoms with Crippen LogP contribution in [0.5, 0.6) is 0 Å². The predicted octanol–water partition coefficient (Wildman–Crippen LogP) is 9.66. The van der Waals surface area contributed by atoms with E-state index in [2.05, 4.69) is 41.2 Å². The lowest BCUT2D eigenvalue weighted by Crippen LogP contribution is -2.40. The Morgan fingerprint density at radius 2 is 1.44 bits per heavy atom. The summed E-state index contributed by atoms with van der Waals surface area (Å²) in [7, 11) is 0. The summed E-state index contributed by atoms with van der Waals surface area (Å²) >= 11 is 0. The Hall–Kier alpha value is -0.830. The summed E-state index contributed by atoms with van der Waals surface area (Å²) in [5.74, 6) is 0.470. The highest BCUT2D eigenvalue weighted by Crippen LogP contribution is 2.39. The first-order chi connectivity index (χ1) is 16.2. The van der Waals surface area contributed by atoms with Crippen molar-refractivity contribution in [1.29, 1.82) is 0 Å². The number of unbranched alkanes of at least 4 members (excludes halogenated alkanes) is 9. The number of allylic oxidation sites excluding steroid dienone is 1. The fourth-order valence-electron chi connectivity index (χ4n) is 5.87. The van der Waals surface area contributed by atoms with Gasteiger partial charge in [0, 0.05) is 13.1 Å². The van der Waals surface area contributed by atoms with Crippen LogP contribution in [0.25, 0.3) is 0 Å². The van der Waals surface area contributed by atoms with Gasteiger partial charge in [0.1, 0.15) is 0 Å². The van der Waals surface area contributed by atoms with Crippen molar-refractivity contribution in [2.75, 3.05) is 13.1 Å². The van der Waals surface area contributed by atoms with Crippen molar-refractivity contribution in [2.24, 2.45) is 16.7 Å². The van der Waals surface area contributed by atoms with E-state index < -0.39 is 5.41 Å². The number of hydroxylamine groups is 2. The minimum Gasteiger partial charge on any atom is -0.367 e. The van der Waals surface area contributed by atoms with Crippen LogP contribution in [0, 0.1) is 16.7 Å². The number of piperidine rings is 1. The maximum absolute atomic E-state index is 13.2. The lowest BCUT2D eigenvalue weighted by molar-refractivity contribution is -0.207. The summed E-state index contributed by atoms with van der Waals surface area (Å²) in [6.07, 6.45) is 24.4. The van der Waals surface area contributed by atoms with Gasteiger partial charge in [0.05, 0.1) is 5.41 Å². The topological polar surface area (TPSA) is 29.5 Å². The highest BCUT2D eigenvalue weighted by atomic mass is 16.7. The first-order valence-electron chi connectivity index (χ1n) is 14.8. The van der Waals surface area contributed by atoms with Gasteiger partial charge in [-0.1, -0.05) is 104 Å². The second kappa shape index (κ2) is 17.6. The molecule has 1 heterocycles. The highest BCUT2D eigenvalue weighted by molar-refractivity contribution is 5.76. The largest absolute Gasteiger partial charge is 0.367 e. The summed E-state index contributed by atoms with van der Waals surface area (Å²) in [6.45, 7) is 17.2. The summed E-state index contributed by atoms with van der Waals surface area (Å²) in [5.41, 5.74) is -0.103. The van der Waals surface area contributed by atoms with E-state index in [4.69, 9.17) is 4.84 Å². The van der Waals surface area contributed by atoms with Crippen LogP contribution in [-0.4, -0.2) is 24.1 Å². The first kappa shape index (κ1) is 31.2. The summed E-state index contributed by atoms with van der Waals surface area (Å²) in [5, 5.41) is 1.90. The third kappa shape index (κ3) is 13.9. The van der Waals surface area contributed by atoms with Crippen LogP contribution < -0.4 is 0 Å². The molecular formula is C31H59NO2. The van der Waals surface area contributed by atoms with Crippen LogP contribution in [0.2, 0.25) is 0 Å². The lowest BCUT2D eigenvalue weighted by Gasteiger charge is -2.35. The molecule has 3 heteroatoms. The summed E-state index contributed by atoms with van der Waals surface area (Å²) < 4.78 is 0. The molecule has 200 valence electrons. The molecule has 1 rings (SSSR count). The van der Waals surface area contributed by atoms with Gasteiger partial charge in [0.15, 0.2) is 0 Å². The molecule has 2 atom stereocenters. The predicted molar refractivity (Wildman–Crippen MR) is 148 cm³/mol. The van der Waals surface area contributed by atoms with Crippen LogP contribution in [0.1, 0.15) is 150 Å². The molecule has 1 aliphatic rings. The Bertz CT molecular complexity index is 538. The molecule has 0 radical (unpaired) electrons. The van der Waals surface area contributed by atoms with Crippen molar-refractivity contribution >= 4 is 5.97 Å². The number of hydrogen-bond acceptors (Lipinski definition) is 3. The highest BCUT2D eigenvalue weighted by Gasteiger charge is 2.38. The second-order valence-corrected chi connectivity index (χ2v) is 12.4. The molecule has 1 fully saturated rings. The normalized spacial score (nSPS) is 17.8. The van der Waals surface area contributed by atoms with Crippen molar-refractivity contribution in [1.82, 2.24) is 5.06 Å². The van der Waals surface area contributed by atoms with Crippen LogP contribution in [0.3, 0.4) is 0 Å². The molecule has 0 spiro atoms. The average Bonchev–Trinajstić information content (AvgIpc) is 2.79. The molecule has 0 aromatic rings. The summed E-state index contributed by atoms with van der Waals surface area (Å²) in [6, 6.07) is 0. The molecule has 0 N–H and O–H groups in total. The Balaban J connectivity index is 2.39. The zero-order chi connectivity index (χ0) is 25.3. The van der Waals surface area contributed by atoms with E-state index in [0.29, 0.717) is 11.3 Å². The van der Waals surface area contributed by atoms with Crippen LogP contribution >= 0.6 is 0 Å². The quantitative estimate of drug-likeness (QED) is 0.129. The SMILES string of the molecule is C=CCCC(C)(CC(C)CC(C)(C)CCCCCCCCCCCC)C(=O)ON1CCCCC1. The first-order valence-corrected chi connectivity index (χ1v) is 14.8. The maximum Gasteiger partial charge on any atom is 0.330 e. The van der Waals surface area contributed by atoms with Crippen LogP contribution in [-0.2, 0) is 9.63 Å². The van der Waals surface area contributed by atoms with Crippen LogP contribution in [0.4, 0.5) is 0 Å². The molecule has 0 aliphatic carbocycles. The third-order valence-electron chi connectivity index (χ3n) is 7.83. The van der Waals surface area contributed by atoms with E-state index in [1.54, 1.807) is 0 Å². The van der Waals surface area contributed by atoms with E-state index >= 15 is 0 Å². The van der Waals surface area contributed by atoms with Crippen molar-refractivity contribution in [2.45, 2.75) is 150 Å². The smallest absolute Gasteiger partial charge is 0.330 e. The monoisotopic (exact) mass is 477 g/mol. The van der Waals surface area contributed by atoms with Gasteiger partial charge in [0.25, 0.3) is 0 Å². The number of carbonyl (C=O) groups is 1. The number of rotatable bonds is 20. The molecule has 0 amide bonds. The molecule has 2 unspecified atom stereocenters. The second-order valence-electron chi connectivity index (χ2n) is 12.4. The Labute approximate surface area is 213 Å². The van der Waals surface area contributed by atoms with Gasteiger partial charge in [-0.2, -0.15) is 0 Å². The molecule has 1 aliphatic heterocycles. The molecule has 34 heavy (non-hydrogen) atoms. The lowest BCUT2D eigenvalue weighted by atomic mass is 9.72.